The van der Waals surface area contributed by atoms with E-state index < -0.39 is 5.82 Å². The number of benzene rings is 1. The van der Waals surface area contributed by atoms with Crippen molar-refractivity contribution >= 4 is 17.2 Å². The summed E-state index contributed by atoms with van der Waals surface area (Å²) in [7, 11) is 1.63. The second-order valence-corrected chi connectivity index (χ2v) is 4.34. The molecule has 17 heavy (non-hydrogen) atoms. The van der Waals surface area contributed by atoms with Gasteiger partial charge < -0.3 is 4.90 Å². The lowest BCUT2D eigenvalue weighted by molar-refractivity contribution is 0.0779. The molecule has 1 amide bonds. The van der Waals surface area contributed by atoms with E-state index in [1.807, 2.05) is 5.38 Å². The molecule has 5 heteroatoms. The van der Waals surface area contributed by atoms with Crippen molar-refractivity contribution in [3.63, 3.8) is 0 Å². The number of hydrogen-bond donors (Lipinski definition) is 0. The van der Waals surface area contributed by atoms with Crippen LogP contribution in [-0.4, -0.2) is 22.8 Å². The monoisotopic (exact) mass is 250 g/mol. The average Bonchev–Trinajstić information content (AvgIpc) is 2.81. The second kappa shape index (κ2) is 5.05. The van der Waals surface area contributed by atoms with Gasteiger partial charge in [0.05, 0.1) is 23.3 Å². The van der Waals surface area contributed by atoms with E-state index in [0.717, 1.165) is 5.69 Å². The highest BCUT2D eigenvalue weighted by Gasteiger charge is 2.16. The molecule has 0 saturated heterocycles. The fourth-order valence-corrected chi connectivity index (χ4v) is 2.02. The molecule has 0 bridgehead atoms. The van der Waals surface area contributed by atoms with Gasteiger partial charge in [0, 0.05) is 12.4 Å². The van der Waals surface area contributed by atoms with Crippen molar-refractivity contribution < 1.29 is 9.18 Å². The quantitative estimate of drug-likeness (QED) is 0.838. The van der Waals surface area contributed by atoms with Crippen molar-refractivity contribution in [3.8, 4) is 0 Å². The topological polar surface area (TPSA) is 33.2 Å². The van der Waals surface area contributed by atoms with E-state index >= 15 is 0 Å². The summed E-state index contributed by atoms with van der Waals surface area (Å²) < 4.78 is 13.4. The molecular formula is C12H11FN2OS. The first kappa shape index (κ1) is 11.7. The number of carbonyl (C=O) groups is 1. The summed E-state index contributed by atoms with van der Waals surface area (Å²) in [6.45, 7) is 0.386. The highest BCUT2D eigenvalue weighted by atomic mass is 32.1. The van der Waals surface area contributed by atoms with Crippen LogP contribution in [0.1, 0.15) is 16.1 Å². The van der Waals surface area contributed by atoms with Crippen molar-refractivity contribution in [2.24, 2.45) is 0 Å². The number of thiazole rings is 1. The number of amides is 1. The lowest BCUT2D eigenvalue weighted by atomic mass is 10.2. The molecule has 1 heterocycles. The third-order valence-electron chi connectivity index (χ3n) is 2.33. The van der Waals surface area contributed by atoms with Gasteiger partial charge in [0.15, 0.2) is 0 Å². The van der Waals surface area contributed by atoms with E-state index in [1.54, 1.807) is 24.7 Å². The minimum absolute atomic E-state index is 0.0882. The number of rotatable bonds is 3. The average molecular weight is 250 g/mol. The number of aromatic nitrogens is 1. The molecule has 0 atom stereocenters. The van der Waals surface area contributed by atoms with Crippen LogP contribution in [0.5, 0.6) is 0 Å². The Hall–Kier alpha value is -1.75. The van der Waals surface area contributed by atoms with Gasteiger partial charge in [0.2, 0.25) is 0 Å². The Morgan fingerprint density at radius 1 is 1.47 bits per heavy atom. The van der Waals surface area contributed by atoms with Crippen molar-refractivity contribution in [1.29, 1.82) is 0 Å². The van der Waals surface area contributed by atoms with Crippen LogP contribution in [0.3, 0.4) is 0 Å². The zero-order valence-corrected chi connectivity index (χ0v) is 10.1. The van der Waals surface area contributed by atoms with Crippen molar-refractivity contribution in [2.75, 3.05) is 7.05 Å². The summed E-state index contributed by atoms with van der Waals surface area (Å²) in [5, 5.41) is 1.87. The lowest BCUT2D eigenvalue weighted by Crippen LogP contribution is -2.27. The van der Waals surface area contributed by atoms with Gasteiger partial charge in [-0.25, -0.2) is 9.37 Å². The first-order valence-electron chi connectivity index (χ1n) is 5.05. The molecule has 1 aromatic carbocycles. The fourth-order valence-electron chi connectivity index (χ4n) is 1.47. The van der Waals surface area contributed by atoms with Gasteiger partial charge in [-0.05, 0) is 12.1 Å². The largest absolute Gasteiger partial charge is 0.336 e. The first-order valence-corrected chi connectivity index (χ1v) is 6.00. The van der Waals surface area contributed by atoms with Gasteiger partial charge in [0.1, 0.15) is 5.82 Å². The van der Waals surface area contributed by atoms with Gasteiger partial charge in [-0.2, -0.15) is 0 Å². The molecule has 0 radical (unpaired) electrons. The lowest BCUT2D eigenvalue weighted by Gasteiger charge is -2.16. The van der Waals surface area contributed by atoms with Crippen LogP contribution < -0.4 is 0 Å². The highest BCUT2D eigenvalue weighted by Crippen LogP contribution is 2.11. The predicted octanol–water partition coefficient (Wildman–Crippen LogP) is 2.55. The summed E-state index contributed by atoms with van der Waals surface area (Å²) in [6.07, 6.45) is 0. The Balaban J connectivity index is 2.13. The third kappa shape index (κ3) is 2.68. The molecule has 0 aliphatic heterocycles. The Kier molecular flexibility index (Phi) is 3.49. The molecule has 0 spiro atoms. The molecule has 0 N–H and O–H groups in total. The van der Waals surface area contributed by atoms with Crippen LogP contribution in [0.25, 0.3) is 0 Å². The molecule has 0 fully saturated rings. The normalized spacial score (nSPS) is 10.2. The molecular weight excluding hydrogens is 239 g/mol. The summed E-state index contributed by atoms with van der Waals surface area (Å²) in [6, 6.07) is 5.97. The van der Waals surface area contributed by atoms with E-state index in [2.05, 4.69) is 4.98 Å². The molecule has 0 aliphatic carbocycles. The van der Waals surface area contributed by atoms with Gasteiger partial charge in [-0.3, -0.25) is 4.79 Å². The van der Waals surface area contributed by atoms with Crippen LogP contribution in [-0.2, 0) is 6.54 Å². The summed E-state index contributed by atoms with van der Waals surface area (Å²) in [5.74, 6) is -0.835. The van der Waals surface area contributed by atoms with Gasteiger partial charge >= 0.3 is 0 Å². The number of hydrogen-bond acceptors (Lipinski definition) is 3. The van der Waals surface area contributed by atoms with Gasteiger partial charge in [-0.15, -0.1) is 11.3 Å². The first-order chi connectivity index (χ1) is 8.18. The van der Waals surface area contributed by atoms with E-state index in [9.17, 15) is 9.18 Å². The van der Waals surface area contributed by atoms with Gasteiger partial charge in [0.25, 0.3) is 5.91 Å². The van der Waals surface area contributed by atoms with Crippen molar-refractivity contribution in [1.82, 2.24) is 9.88 Å². The summed E-state index contributed by atoms with van der Waals surface area (Å²) >= 11 is 1.47. The van der Waals surface area contributed by atoms with E-state index in [1.165, 1.54) is 28.4 Å². The zero-order valence-electron chi connectivity index (χ0n) is 9.26. The van der Waals surface area contributed by atoms with Gasteiger partial charge in [-0.1, -0.05) is 12.1 Å². The van der Waals surface area contributed by atoms with Crippen molar-refractivity contribution in [3.05, 3.63) is 52.2 Å². The number of halogens is 1. The maximum atomic E-state index is 13.4. The van der Waals surface area contributed by atoms with E-state index in [-0.39, 0.29) is 11.5 Å². The SMILES string of the molecule is CN(Cc1cscn1)C(=O)c1ccccc1F. The Morgan fingerprint density at radius 3 is 2.88 bits per heavy atom. The molecule has 3 nitrogen and oxygen atoms in total. The number of nitrogens with zero attached hydrogens (tertiary/aromatic N) is 2. The molecule has 0 saturated carbocycles. The van der Waals surface area contributed by atoms with E-state index in [4.69, 9.17) is 0 Å². The maximum Gasteiger partial charge on any atom is 0.256 e. The smallest absolute Gasteiger partial charge is 0.256 e. The Labute approximate surface area is 103 Å². The third-order valence-corrected chi connectivity index (χ3v) is 2.97. The molecule has 1 aromatic heterocycles. The minimum atomic E-state index is -0.498. The van der Waals surface area contributed by atoms with Crippen LogP contribution in [0.2, 0.25) is 0 Å². The van der Waals surface area contributed by atoms with E-state index in [0.29, 0.717) is 6.54 Å². The molecule has 0 aliphatic rings. The maximum absolute atomic E-state index is 13.4. The van der Waals surface area contributed by atoms with Crippen LogP contribution >= 0.6 is 11.3 Å². The molecule has 2 aromatic rings. The highest BCUT2D eigenvalue weighted by molar-refractivity contribution is 7.07. The fraction of sp³-hybridized carbons (Fsp3) is 0.167. The number of carbonyl (C=O) groups excluding carboxylic acids is 1. The summed E-state index contributed by atoms with van der Waals surface area (Å²) in [5.41, 5.74) is 2.60. The molecule has 2 rings (SSSR count). The Morgan fingerprint density at radius 2 is 2.24 bits per heavy atom. The Bertz CT molecular complexity index is 513. The minimum Gasteiger partial charge on any atom is -0.336 e. The molecule has 0 unspecified atom stereocenters. The molecule has 88 valence electrons. The van der Waals surface area contributed by atoms with Crippen molar-refractivity contribution in [2.45, 2.75) is 6.54 Å². The zero-order chi connectivity index (χ0) is 12.3. The van der Waals surface area contributed by atoms with Crippen LogP contribution in [0.4, 0.5) is 4.39 Å². The standard InChI is InChI=1S/C12H11FN2OS/c1-15(6-9-7-17-8-14-9)12(16)10-4-2-3-5-11(10)13/h2-5,7-8H,6H2,1H3. The predicted molar refractivity (Wildman–Crippen MR) is 64.3 cm³/mol. The summed E-state index contributed by atoms with van der Waals surface area (Å²) in [4.78, 5) is 17.5. The van der Waals surface area contributed by atoms with Crippen LogP contribution in [0.15, 0.2) is 35.2 Å². The van der Waals surface area contributed by atoms with Crippen LogP contribution in [0, 0.1) is 5.82 Å². The second-order valence-electron chi connectivity index (χ2n) is 3.62.